The zero-order chi connectivity index (χ0) is 16.2. The molecule has 0 spiro atoms. The van der Waals surface area contributed by atoms with Crippen LogP contribution in [0.5, 0.6) is 0 Å². The number of Topliss-reactive ketones (excluding diaryl/α,β-unsaturated/α-hetero) is 1. The number of hydrogen-bond acceptors (Lipinski definition) is 3. The molecule has 4 heteroatoms. The van der Waals surface area contributed by atoms with Crippen molar-refractivity contribution in [3.05, 3.63) is 64.1 Å². The summed E-state index contributed by atoms with van der Waals surface area (Å²) in [6.45, 7) is 6.76. The zero-order valence-corrected chi connectivity index (χ0v) is 14.9. The zero-order valence-electron chi connectivity index (χ0n) is 13.3. The van der Waals surface area contributed by atoms with Gasteiger partial charge < -0.3 is 4.90 Å². The van der Waals surface area contributed by atoms with Gasteiger partial charge in [-0.15, -0.1) is 0 Å². The minimum Gasteiger partial charge on any atom is -0.369 e. The fourth-order valence-electron chi connectivity index (χ4n) is 2.96. The molecular weight excluding hydrogens is 352 g/mol. The molecule has 3 rings (SSSR count). The second-order valence-electron chi connectivity index (χ2n) is 6.00. The Kier molecular flexibility index (Phi) is 5.13. The third-order valence-corrected chi connectivity index (χ3v) is 4.80. The number of carbonyl (C=O) groups excluding carboxylic acids is 1. The van der Waals surface area contributed by atoms with E-state index in [1.807, 2.05) is 12.1 Å². The van der Waals surface area contributed by atoms with Crippen LogP contribution in [-0.4, -0.2) is 36.9 Å². The third-order valence-electron chi connectivity index (χ3n) is 4.31. The Morgan fingerprint density at radius 2 is 1.74 bits per heavy atom. The van der Waals surface area contributed by atoms with E-state index in [-0.39, 0.29) is 5.78 Å². The van der Waals surface area contributed by atoms with E-state index in [9.17, 15) is 4.79 Å². The number of halogens is 1. The molecule has 0 unspecified atom stereocenters. The van der Waals surface area contributed by atoms with Gasteiger partial charge in [0, 0.05) is 48.4 Å². The van der Waals surface area contributed by atoms with E-state index in [4.69, 9.17) is 0 Å². The van der Waals surface area contributed by atoms with Crippen LogP contribution in [-0.2, 0) is 6.54 Å². The molecule has 120 valence electrons. The molecule has 2 aromatic rings. The van der Waals surface area contributed by atoms with Gasteiger partial charge in [-0.25, -0.2) is 0 Å². The Bertz CT molecular complexity index is 676. The first-order valence-corrected chi connectivity index (χ1v) is 8.74. The Labute approximate surface area is 146 Å². The first-order valence-electron chi connectivity index (χ1n) is 7.94. The highest BCUT2D eigenvalue weighted by Gasteiger charge is 2.17. The highest BCUT2D eigenvalue weighted by Crippen LogP contribution is 2.19. The largest absolute Gasteiger partial charge is 0.369 e. The Morgan fingerprint density at radius 3 is 2.35 bits per heavy atom. The van der Waals surface area contributed by atoms with Crippen molar-refractivity contribution in [2.45, 2.75) is 13.5 Å². The summed E-state index contributed by atoms with van der Waals surface area (Å²) in [7, 11) is 0. The molecule has 0 amide bonds. The molecule has 1 aliphatic heterocycles. The SMILES string of the molecule is CC(=O)c1ccc(N2CCN(Cc3cccc(Br)c3)CC2)cc1. The Hall–Kier alpha value is -1.65. The summed E-state index contributed by atoms with van der Waals surface area (Å²) in [6, 6.07) is 16.5. The van der Waals surface area contributed by atoms with Crippen LogP contribution >= 0.6 is 15.9 Å². The van der Waals surface area contributed by atoms with Gasteiger partial charge in [0.1, 0.15) is 0 Å². The van der Waals surface area contributed by atoms with Gasteiger partial charge in [0.15, 0.2) is 5.78 Å². The van der Waals surface area contributed by atoms with Crippen LogP contribution in [0.4, 0.5) is 5.69 Å². The summed E-state index contributed by atoms with van der Waals surface area (Å²) in [5, 5.41) is 0. The van der Waals surface area contributed by atoms with Crippen LogP contribution < -0.4 is 4.90 Å². The van der Waals surface area contributed by atoms with E-state index < -0.39 is 0 Å². The van der Waals surface area contributed by atoms with E-state index in [0.29, 0.717) is 0 Å². The first-order chi connectivity index (χ1) is 11.1. The van der Waals surface area contributed by atoms with Crippen molar-refractivity contribution < 1.29 is 4.79 Å². The first kappa shape index (κ1) is 16.2. The van der Waals surface area contributed by atoms with Crippen molar-refractivity contribution in [1.82, 2.24) is 4.90 Å². The van der Waals surface area contributed by atoms with Gasteiger partial charge in [0.25, 0.3) is 0 Å². The highest BCUT2D eigenvalue weighted by atomic mass is 79.9. The van der Waals surface area contributed by atoms with Crippen molar-refractivity contribution in [2.24, 2.45) is 0 Å². The molecule has 0 radical (unpaired) electrons. The van der Waals surface area contributed by atoms with E-state index >= 15 is 0 Å². The number of benzene rings is 2. The van der Waals surface area contributed by atoms with Gasteiger partial charge in [-0.05, 0) is 48.9 Å². The normalized spacial score (nSPS) is 15.7. The predicted octanol–water partition coefficient (Wildman–Crippen LogP) is 3.97. The molecule has 0 N–H and O–H groups in total. The molecule has 0 bridgehead atoms. The van der Waals surface area contributed by atoms with Crippen LogP contribution in [0.15, 0.2) is 53.0 Å². The molecule has 3 nitrogen and oxygen atoms in total. The maximum Gasteiger partial charge on any atom is 0.159 e. The minimum atomic E-state index is 0.121. The minimum absolute atomic E-state index is 0.121. The van der Waals surface area contributed by atoms with Crippen molar-refractivity contribution in [1.29, 1.82) is 0 Å². The maximum atomic E-state index is 11.3. The van der Waals surface area contributed by atoms with Crippen molar-refractivity contribution >= 4 is 27.4 Å². The lowest BCUT2D eigenvalue weighted by Gasteiger charge is -2.36. The van der Waals surface area contributed by atoms with Crippen LogP contribution in [0, 0.1) is 0 Å². The quantitative estimate of drug-likeness (QED) is 0.758. The average Bonchev–Trinajstić information content (AvgIpc) is 2.56. The number of anilines is 1. The molecule has 1 saturated heterocycles. The molecular formula is C19H21BrN2O. The lowest BCUT2D eigenvalue weighted by atomic mass is 10.1. The van der Waals surface area contributed by atoms with Gasteiger partial charge in [-0.1, -0.05) is 28.1 Å². The van der Waals surface area contributed by atoms with E-state index in [2.05, 4.69) is 62.1 Å². The van der Waals surface area contributed by atoms with Gasteiger partial charge in [-0.3, -0.25) is 9.69 Å². The number of rotatable bonds is 4. The van der Waals surface area contributed by atoms with E-state index in [1.165, 1.54) is 11.3 Å². The fourth-order valence-corrected chi connectivity index (χ4v) is 3.41. The second kappa shape index (κ2) is 7.28. The Balaban J connectivity index is 1.56. The molecule has 0 saturated carbocycles. The van der Waals surface area contributed by atoms with Crippen molar-refractivity contribution in [3.63, 3.8) is 0 Å². The van der Waals surface area contributed by atoms with Crippen LogP contribution in [0.2, 0.25) is 0 Å². The fraction of sp³-hybridized carbons (Fsp3) is 0.316. The number of piperazine rings is 1. The number of ketones is 1. The average molecular weight is 373 g/mol. The summed E-state index contributed by atoms with van der Waals surface area (Å²) >= 11 is 3.53. The molecule has 0 aromatic heterocycles. The molecule has 0 atom stereocenters. The molecule has 23 heavy (non-hydrogen) atoms. The number of carbonyl (C=O) groups is 1. The molecule has 1 fully saturated rings. The van der Waals surface area contributed by atoms with Crippen molar-refractivity contribution in [3.8, 4) is 0 Å². The summed E-state index contributed by atoms with van der Waals surface area (Å²) in [5.41, 5.74) is 3.33. The van der Waals surface area contributed by atoms with Gasteiger partial charge in [-0.2, -0.15) is 0 Å². The van der Waals surface area contributed by atoms with E-state index in [1.54, 1.807) is 6.92 Å². The monoisotopic (exact) mass is 372 g/mol. The molecule has 0 aliphatic carbocycles. The van der Waals surface area contributed by atoms with Crippen LogP contribution in [0.1, 0.15) is 22.8 Å². The number of nitrogens with zero attached hydrogens (tertiary/aromatic N) is 2. The van der Waals surface area contributed by atoms with Crippen molar-refractivity contribution in [2.75, 3.05) is 31.1 Å². The predicted molar refractivity (Wildman–Crippen MR) is 98.1 cm³/mol. The van der Waals surface area contributed by atoms with Crippen LogP contribution in [0.25, 0.3) is 0 Å². The maximum absolute atomic E-state index is 11.3. The van der Waals surface area contributed by atoms with Gasteiger partial charge in [0.2, 0.25) is 0 Å². The lowest BCUT2D eigenvalue weighted by molar-refractivity contribution is 0.101. The highest BCUT2D eigenvalue weighted by molar-refractivity contribution is 9.10. The summed E-state index contributed by atoms with van der Waals surface area (Å²) in [5.74, 6) is 0.121. The summed E-state index contributed by atoms with van der Waals surface area (Å²) in [4.78, 5) is 16.2. The van der Waals surface area contributed by atoms with E-state index in [0.717, 1.165) is 42.8 Å². The van der Waals surface area contributed by atoms with Gasteiger partial charge >= 0.3 is 0 Å². The third kappa shape index (κ3) is 4.21. The summed E-state index contributed by atoms with van der Waals surface area (Å²) in [6.07, 6.45) is 0. The van der Waals surface area contributed by atoms with Crippen LogP contribution in [0.3, 0.4) is 0 Å². The van der Waals surface area contributed by atoms with Gasteiger partial charge in [0.05, 0.1) is 0 Å². The molecule has 1 aliphatic rings. The number of hydrogen-bond donors (Lipinski definition) is 0. The topological polar surface area (TPSA) is 23.6 Å². The lowest BCUT2D eigenvalue weighted by Crippen LogP contribution is -2.45. The smallest absolute Gasteiger partial charge is 0.159 e. The second-order valence-corrected chi connectivity index (χ2v) is 6.91. The standard InChI is InChI=1S/C19H21BrN2O/c1-15(23)17-5-7-19(8-6-17)22-11-9-21(10-12-22)14-16-3-2-4-18(20)13-16/h2-8,13H,9-12,14H2,1H3. The molecule has 2 aromatic carbocycles. The molecule has 1 heterocycles. The Morgan fingerprint density at radius 1 is 1.04 bits per heavy atom. The summed E-state index contributed by atoms with van der Waals surface area (Å²) < 4.78 is 1.14.